The summed E-state index contributed by atoms with van der Waals surface area (Å²) in [7, 11) is 1.69. The minimum Gasteiger partial charge on any atom is -0.497 e. The van der Waals surface area contributed by atoms with Crippen molar-refractivity contribution in [1.82, 2.24) is 20.4 Å². The van der Waals surface area contributed by atoms with Crippen LogP contribution in [-0.4, -0.2) is 47.7 Å². The maximum atomic E-state index is 12.3. The summed E-state index contributed by atoms with van der Waals surface area (Å²) < 4.78 is 5.21. The number of likely N-dealkylation sites (tertiary alicyclic amines) is 1. The van der Waals surface area contributed by atoms with Crippen LogP contribution in [0.4, 0.5) is 0 Å². The van der Waals surface area contributed by atoms with Gasteiger partial charge in [-0.3, -0.25) is 14.8 Å². The van der Waals surface area contributed by atoms with Crippen LogP contribution in [-0.2, 0) is 6.54 Å². The highest BCUT2D eigenvalue weighted by Crippen LogP contribution is 2.38. The van der Waals surface area contributed by atoms with Gasteiger partial charge in [-0.1, -0.05) is 12.1 Å². The lowest BCUT2D eigenvalue weighted by Crippen LogP contribution is -2.38. The molecule has 0 atom stereocenters. The zero-order valence-corrected chi connectivity index (χ0v) is 15.9. The van der Waals surface area contributed by atoms with Crippen LogP contribution in [0, 0.1) is 5.92 Å². The molecule has 0 bridgehead atoms. The van der Waals surface area contributed by atoms with Gasteiger partial charge in [-0.05, 0) is 68.5 Å². The number of methoxy groups -OCH3 is 1. The third kappa shape index (κ3) is 4.69. The highest BCUT2D eigenvalue weighted by atomic mass is 16.5. The molecule has 6 nitrogen and oxygen atoms in total. The van der Waals surface area contributed by atoms with E-state index in [2.05, 4.69) is 32.5 Å². The van der Waals surface area contributed by atoms with Gasteiger partial charge in [0.05, 0.1) is 7.11 Å². The van der Waals surface area contributed by atoms with E-state index in [4.69, 9.17) is 4.74 Å². The van der Waals surface area contributed by atoms with Gasteiger partial charge in [0.1, 0.15) is 11.4 Å². The van der Waals surface area contributed by atoms with Gasteiger partial charge in [-0.15, -0.1) is 0 Å². The molecule has 2 heterocycles. The molecule has 1 aliphatic carbocycles. The van der Waals surface area contributed by atoms with Gasteiger partial charge >= 0.3 is 0 Å². The molecule has 0 radical (unpaired) electrons. The third-order valence-corrected chi connectivity index (χ3v) is 5.67. The van der Waals surface area contributed by atoms with Crippen molar-refractivity contribution in [3.8, 4) is 5.75 Å². The van der Waals surface area contributed by atoms with Crippen molar-refractivity contribution >= 4 is 5.91 Å². The molecule has 27 heavy (non-hydrogen) atoms. The number of carbonyl (C=O) groups is 1. The van der Waals surface area contributed by atoms with Crippen LogP contribution in [0.15, 0.2) is 30.3 Å². The Morgan fingerprint density at radius 1 is 1.22 bits per heavy atom. The van der Waals surface area contributed by atoms with Gasteiger partial charge in [0.25, 0.3) is 5.91 Å². The minimum absolute atomic E-state index is 0.0567. The largest absolute Gasteiger partial charge is 0.497 e. The third-order valence-electron chi connectivity index (χ3n) is 5.67. The maximum Gasteiger partial charge on any atom is 0.271 e. The highest BCUT2D eigenvalue weighted by molar-refractivity contribution is 5.92. The fourth-order valence-corrected chi connectivity index (χ4v) is 3.72. The van der Waals surface area contributed by atoms with E-state index in [1.54, 1.807) is 7.11 Å². The number of H-pyrrole nitrogens is 1. The van der Waals surface area contributed by atoms with E-state index in [0.717, 1.165) is 50.5 Å². The number of hydrogen-bond donors (Lipinski definition) is 2. The predicted octanol–water partition coefficient (Wildman–Crippen LogP) is 2.94. The predicted molar refractivity (Wildman–Crippen MR) is 104 cm³/mol. The quantitative estimate of drug-likeness (QED) is 0.788. The van der Waals surface area contributed by atoms with E-state index < -0.39 is 0 Å². The number of nitrogens with zero attached hydrogens (tertiary/aromatic N) is 2. The fraction of sp³-hybridized carbons (Fsp3) is 0.524. The monoisotopic (exact) mass is 368 g/mol. The number of amides is 1. The van der Waals surface area contributed by atoms with Crippen molar-refractivity contribution in [3.05, 3.63) is 47.3 Å². The molecule has 1 aromatic carbocycles. The van der Waals surface area contributed by atoms with Crippen LogP contribution in [0.1, 0.15) is 53.3 Å². The Kier molecular flexibility index (Phi) is 5.43. The molecule has 0 spiro atoms. The number of nitrogens with one attached hydrogen (secondary N) is 2. The summed E-state index contributed by atoms with van der Waals surface area (Å²) in [6, 6.07) is 10.2. The lowest BCUT2D eigenvalue weighted by molar-refractivity contribution is 0.0930. The normalized spacial score (nSPS) is 18.4. The molecular weight excluding hydrogens is 340 g/mol. The first-order chi connectivity index (χ1) is 13.2. The van der Waals surface area contributed by atoms with Gasteiger partial charge in [0, 0.05) is 24.7 Å². The Labute approximate surface area is 160 Å². The van der Waals surface area contributed by atoms with Gasteiger partial charge in [0.15, 0.2) is 0 Å². The molecule has 2 aromatic rings. The summed E-state index contributed by atoms with van der Waals surface area (Å²) in [5.74, 6) is 1.98. The number of piperidine rings is 1. The summed E-state index contributed by atoms with van der Waals surface area (Å²) in [4.78, 5) is 14.8. The lowest BCUT2D eigenvalue weighted by Gasteiger charge is -2.32. The zero-order chi connectivity index (χ0) is 18.6. The van der Waals surface area contributed by atoms with Gasteiger partial charge in [0.2, 0.25) is 0 Å². The highest BCUT2D eigenvalue weighted by Gasteiger charge is 2.27. The summed E-state index contributed by atoms with van der Waals surface area (Å²) >= 11 is 0. The smallest absolute Gasteiger partial charge is 0.271 e. The van der Waals surface area contributed by atoms with Gasteiger partial charge in [-0.25, -0.2) is 0 Å². The van der Waals surface area contributed by atoms with E-state index in [1.807, 2.05) is 18.2 Å². The summed E-state index contributed by atoms with van der Waals surface area (Å²) in [5, 5.41) is 10.2. The second-order valence-electron chi connectivity index (χ2n) is 7.76. The zero-order valence-electron chi connectivity index (χ0n) is 15.9. The van der Waals surface area contributed by atoms with Crippen LogP contribution in [0.5, 0.6) is 5.75 Å². The first-order valence-corrected chi connectivity index (χ1v) is 9.90. The van der Waals surface area contributed by atoms with Gasteiger partial charge < -0.3 is 10.1 Å². The van der Waals surface area contributed by atoms with E-state index >= 15 is 0 Å². The van der Waals surface area contributed by atoms with Gasteiger partial charge in [-0.2, -0.15) is 5.10 Å². The second kappa shape index (κ2) is 8.13. The molecule has 144 valence electrons. The molecule has 2 N–H and O–H groups in total. The minimum atomic E-state index is -0.0567. The number of benzene rings is 1. The Balaban J connectivity index is 1.19. The van der Waals surface area contributed by atoms with Crippen molar-refractivity contribution < 1.29 is 9.53 Å². The first-order valence-electron chi connectivity index (χ1n) is 9.90. The SMILES string of the molecule is COc1ccc(CN2CCC(CNC(=O)c3cc(C4CC4)[nH]n3)CC2)cc1. The molecule has 2 fully saturated rings. The molecule has 4 rings (SSSR count). The number of aromatic nitrogens is 2. The maximum absolute atomic E-state index is 12.3. The van der Waals surface area contributed by atoms with E-state index in [9.17, 15) is 4.79 Å². The Morgan fingerprint density at radius 2 is 1.96 bits per heavy atom. The number of hydrogen-bond acceptors (Lipinski definition) is 4. The average Bonchev–Trinajstić information content (AvgIpc) is 3.44. The summed E-state index contributed by atoms with van der Waals surface area (Å²) in [6.45, 7) is 3.85. The van der Waals surface area contributed by atoms with E-state index in [-0.39, 0.29) is 5.91 Å². The summed E-state index contributed by atoms with van der Waals surface area (Å²) in [6.07, 6.45) is 4.64. The van der Waals surface area contributed by atoms with Crippen molar-refractivity contribution in [2.24, 2.45) is 5.92 Å². The number of ether oxygens (including phenoxy) is 1. The van der Waals surface area contributed by atoms with Crippen molar-refractivity contribution in [1.29, 1.82) is 0 Å². The molecular formula is C21H28N4O2. The Bertz CT molecular complexity index is 759. The number of aromatic amines is 1. The standard InChI is InChI=1S/C21H28N4O2/c1-27-18-6-2-16(3-7-18)14-25-10-8-15(9-11-25)13-22-21(26)20-12-19(23-24-20)17-4-5-17/h2-3,6-7,12,15,17H,4-5,8-11,13-14H2,1H3,(H,22,26)(H,23,24). The van der Waals surface area contributed by atoms with Crippen LogP contribution < -0.4 is 10.1 Å². The molecule has 6 heteroatoms. The molecule has 1 saturated carbocycles. The Hall–Kier alpha value is -2.34. The molecule has 1 amide bonds. The number of rotatable bonds is 7. The van der Waals surface area contributed by atoms with E-state index in [1.165, 1.54) is 18.4 Å². The van der Waals surface area contributed by atoms with Crippen molar-refractivity contribution in [3.63, 3.8) is 0 Å². The molecule has 2 aliphatic rings. The molecule has 1 aromatic heterocycles. The lowest BCUT2D eigenvalue weighted by atomic mass is 9.96. The topological polar surface area (TPSA) is 70.2 Å². The van der Waals surface area contributed by atoms with Crippen LogP contribution in [0.2, 0.25) is 0 Å². The molecule has 1 aliphatic heterocycles. The second-order valence-corrected chi connectivity index (χ2v) is 7.76. The fourth-order valence-electron chi connectivity index (χ4n) is 3.72. The molecule has 1 saturated heterocycles. The van der Waals surface area contributed by atoms with Crippen molar-refractivity contribution in [2.75, 3.05) is 26.7 Å². The van der Waals surface area contributed by atoms with Crippen LogP contribution in [0.25, 0.3) is 0 Å². The Morgan fingerprint density at radius 3 is 2.63 bits per heavy atom. The number of carbonyl (C=O) groups excluding carboxylic acids is 1. The average molecular weight is 368 g/mol. The van der Waals surface area contributed by atoms with E-state index in [0.29, 0.717) is 17.5 Å². The van der Waals surface area contributed by atoms with Crippen LogP contribution in [0.3, 0.4) is 0 Å². The summed E-state index contributed by atoms with van der Waals surface area (Å²) in [5.41, 5.74) is 2.94. The first kappa shape index (κ1) is 18.0. The molecule has 0 unspecified atom stereocenters. The van der Waals surface area contributed by atoms with Crippen molar-refractivity contribution in [2.45, 2.75) is 38.1 Å². The van der Waals surface area contributed by atoms with Crippen LogP contribution >= 0.6 is 0 Å².